The second kappa shape index (κ2) is 4.83. The Morgan fingerprint density at radius 1 is 1.43 bits per heavy atom. The minimum atomic E-state index is -0.692. The van der Waals surface area contributed by atoms with E-state index in [9.17, 15) is 9.90 Å². The highest BCUT2D eigenvalue weighted by Gasteiger charge is 2.62. The predicted octanol–water partition coefficient (Wildman–Crippen LogP) is 2.03. The van der Waals surface area contributed by atoms with Crippen LogP contribution in [0, 0.1) is 17.2 Å². The summed E-state index contributed by atoms with van der Waals surface area (Å²) in [6.07, 6.45) is 6.48. The molecule has 122 valence electrons. The van der Waals surface area contributed by atoms with Crippen molar-refractivity contribution in [3.63, 3.8) is 0 Å². The Labute approximate surface area is 140 Å². The van der Waals surface area contributed by atoms with E-state index in [1.165, 1.54) is 4.57 Å². The van der Waals surface area contributed by atoms with Gasteiger partial charge in [0.1, 0.15) is 11.8 Å². The molecule has 4 bridgehead atoms. The zero-order valence-corrected chi connectivity index (χ0v) is 13.6. The third-order valence-corrected chi connectivity index (χ3v) is 6.14. The SMILES string of the molecule is N#Cc1cccn1C(=O)CN[C@]12C[C@H]3C[C@@](O)(C[C@](Cl)(C3)C1)C2. The first-order valence-electron chi connectivity index (χ1n) is 8.11. The second-order valence-corrected chi connectivity index (χ2v) is 8.59. The molecule has 2 N–H and O–H groups in total. The molecule has 4 atom stereocenters. The van der Waals surface area contributed by atoms with E-state index in [1.54, 1.807) is 18.3 Å². The van der Waals surface area contributed by atoms with E-state index in [0.29, 0.717) is 24.5 Å². The first-order chi connectivity index (χ1) is 10.8. The summed E-state index contributed by atoms with van der Waals surface area (Å²) in [6, 6.07) is 5.33. The van der Waals surface area contributed by atoms with Gasteiger partial charge in [-0.1, -0.05) is 0 Å². The van der Waals surface area contributed by atoms with Gasteiger partial charge in [-0.05, 0) is 56.6 Å². The third-order valence-electron chi connectivity index (χ3n) is 5.72. The normalized spacial score (nSPS) is 41.0. The Hall–Kier alpha value is -1.35. The van der Waals surface area contributed by atoms with Gasteiger partial charge in [-0.3, -0.25) is 9.36 Å². The minimum Gasteiger partial charge on any atom is -0.390 e. The molecule has 0 amide bonds. The highest BCUT2D eigenvalue weighted by molar-refractivity contribution is 6.24. The van der Waals surface area contributed by atoms with Gasteiger partial charge in [0.25, 0.3) is 0 Å². The molecule has 0 unspecified atom stereocenters. The van der Waals surface area contributed by atoms with Gasteiger partial charge >= 0.3 is 0 Å². The van der Waals surface area contributed by atoms with Crippen molar-refractivity contribution in [1.29, 1.82) is 5.26 Å². The molecule has 0 spiro atoms. The number of rotatable bonds is 3. The number of carbonyl (C=O) groups is 1. The number of nitriles is 1. The lowest BCUT2D eigenvalue weighted by Gasteiger charge is -2.63. The zero-order valence-electron chi connectivity index (χ0n) is 12.9. The Kier molecular flexibility index (Phi) is 3.19. The smallest absolute Gasteiger partial charge is 0.245 e. The maximum atomic E-state index is 12.4. The molecule has 0 aromatic carbocycles. The molecule has 1 heterocycles. The van der Waals surface area contributed by atoms with Gasteiger partial charge in [0.05, 0.1) is 12.1 Å². The highest BCUT2D eigenvalue weighted by atomic mass is 35.5. The molecule has 4 fully saturated rings. The van der Waals surface area contributed by atoms with Crippen molar-refractivity contribution >= 4 is 17.5 Å². The van der Waals surface area contributed by atoms with Crippen LogP contribution in [0.3, 0.4) is 0 Å². The van der Waals surface area contributed by atoms with E-state index in [0.717, 1.165) is 25.7 Å². The zero-order chi connectivity index (χ0) is 16.3. The minimum absolute atomic E-state index is 0.152. The molecule has 0 aliphatic heterocycles. The fourth-order valence-electron chi connectivity index (χ4n) is 5.51. The molecule has 4 aliphatic carbocycles. The van der Waals surface area contributed by atoms with Gasteiger partial charge in [-0.2, -0.15) is 5.26 Å². The number of aliphatic hydroxyl groups is 1. The number of hydrogen-bond acceptors (Lipinski definition) is 4. The van der Waals surface area contributed by atoms with Crippen LogP contribution in [-0.2, 0) is 0 Å². The van der Waals surface area contributed by atoms with Gasteiger partial charge in [-0.25, -0.2) is 0 Å². The second-order valence-electron chi connectivity index (χ2n) is 7.79. The van der Waals surface area contributed by atoms with Crippen molar-refractivity contribution in [2.75, 3.05) is 6.54 Å². The predicted molar refractivity (Wildman–Crippen MR) is 85.2 cm³/mol. The number of alkyl halides is 1. The molecule has 0 saturated heterocycles. The fraction of sp³-hybridized carbons (Fsp3) is 0.647. The van der Waals surface area contributed by atoms with Crippen LogP contribution in [0.5, 0.6) is 0 Å². The van der Waals surface area contributed by atoms with E-state index in [4.69, 9.17) is 16.9 Å². The average Bonchev–Trinajstić information content (AvgIpc) is 2.89. The molecule has 1 aromatic rings. The molecular weight excluding hydrogens is 314 g/mol. The number of hydrogen-bond donors (Lipinski definition) is 2. The van der Waals surface area contributed by atoms with Gasteiger partial charge in [-0.15, -0.1) is 11.6 Å². The third kappa shape index (κ3) is 2.50. The van der Waals surface area contributed by atoms with Gasteiger partial charge in [0.2, 0.25) is 5.91 Å². The summed E-state index contributed by atoms with van der Waals surface area (Å²) in [6.45, 7) is 0.152. The van der Waals surface area contributed by atoms with E-state index < -0.39 is 5.60 Å². The number of nitrogens with one attached hydrogen (secondary N) is 1. The van der Waals surface area contributed by atoms with Crippen LogP contribution >= 0.6 is 11.6 Å². The molecule has 6 heteroatoms. The van der Waals surface area contributed by atoms with Gasteiger partial charge in [0, 0.05) is 16.6 Å². The first kappa shape index (κ1) is 15.2. The number of aromatic nitrogens is 1. The van der Waals surface area contributed by atoms with Crippen molar-refractivity contribution in [2.24, 2.45) is 5.92 Å². The van der Waals surface area contributed by atoms with Crippen molar-refractivity contribution in [3.05, 3.63) is 24.0 Å². The Morgan fingerprint density at radius 3 is 2.96 bits per heavy atom. The fourth-order valence-corrected chi connectivity index (χ4v) is 6.23. The molecule has 0 radical (unpaired) electrons. The van der Waals surface area contributed by atoms with Gasteiger partial charge in [0.15, 0.2) is 0 Å². The maximum Gasteiger partial charge on any atom is 0.245 e. The summed E-state index contributed by atoms with van der Waals surface area (Å²) in [7, 11) is 0. The molecule has 5 rings (SSSR count). The van der Waals surface area contributed by atoms with Crippen LogP contribution in [0.2, 0.25) is 0 Å². The number of carbonyl (C=O) groups excluding carboxylic acids is 1. The van der Waals surface area contributed by atoms with Crippen LogP contribution in [0.25, 0.3) is 0 Å². The van der Waals surface area contributed by atoms with Crippen molar-refractivity contribution < 1.29 is 9.90 Å². The summed E-state index contributed by atoms with van der Waals surface area (Å²) in [4.78, 5) is 12.1. The molecule has 4 saturated carbocycles. The molecule has 23 heavy (non-hydrogen) atoms. The van der Waals surface area contributed by atoms with E-state index in [2.05, 4.69) is 5.32 Å². The van der Waals surface area contributed by atoms with Crippen molar-refractivity contribution in [1.82, 2.24) is 9.88 Å². The maximum absolute atomic E-state index is 12.4. The van der Waals surface area contributed by atoms with E-state index in [-0.39, 0.29) is 22.9 Å². The summed E-state index contributed by atoms with van der Waals surface area (Å²) < 4.78 is 1.37. The summed E-state index contributed by atoms with van der Waals surface area (Å²) >= 11 is 6.74. The molecular formula is C17H20ClN3O2. The molecule has 5 nitrogen and oxygen atoms in total. The Morgan fingerprint density at radius 2 is 2.26 bits per heavy atom. The lowest BCUT2D eigenvalue weighted by molar-refractivity contribution is -0.133. The summed E-state index contributed by atoms with van der Waals surface area (Å²) in [5.74, 6) is 0.274. The highest BCUT2D eigenvalue weighted by Crippen LogP contribution is 2.61. The molecule has 1 aromatic heterocycles. The summed E-state index contributed by atoms with van der Waals surface area (Å²) in [5, 5.41) is 23.2. The summed E-state index contributed by atoms with van der Waals surface area (Å²) in [5.41, 5.74) is -0.608. The lowest BCUT2D eigenvalue weighted by atomic mass is 9.50. The average molecular weight is 334 g/mol. The topological polar surface area (TPSA) is 78.0 Å². The van der Waals surface area contributed by atoms with Crippen molar-refractivity contribution in [2.45, 2.75) is 54.5 Å². The van der Waals surface area contributed by atoms with E-state index >= 15 is 0 Å². The van der Waals surface area contributed by atoms with Crippen LogP contribution in [0.1, 0.15) is 49.0 Å². The standard InChI is InChI=1S/C17H20ClN3O2/c18-15-4-12-5-16(9-15,11-17(23,6-12)10-15)20-8-14(22)21-3-1-2-13(21)7-19/h1-3,12,20,23H,4-6,8-11H2/t12-,15-,16+,17+/m0/s1. The first-order valence-corrected chi connectivity index (χ1v) is 8.49. The largest absolute Gasteiger partial charge is 0.390 e. The number of halogens is 1. The van der Waals surface area contributed by atoms with Crippen LogP contribution in [0.15, 0.2) is 18.3 Å². The van der Waals surface area contributed by atoms with Crippen LogP contribution in [0.4, 0.5) is 0 Å². The van der Waals surface area contributed by atoms with Crippen LogP contribution in [-0.4, -0.2) is 38.1 Å². The van der Waals surface area contributed by atoms with Crippen LogP contribution < -0.4 is 5.32 Å². The Bertz CT molecular complexity index is 689. The lowest BCUT2D eigenvalue weighted by Crippen LogP contribution is -2.69. The van der Waals surface area contributed by atoms with E-state index in [1.807, 2.05) is 6.07 Å². The Balaban J connectivity index is 1.51. The van der Waals surface area contributed by atoms with Gasteiger partial charge < -0.3 is 10.4 Å². The molecule has 4 aliphatic rings. The number of nitrogens with zero attached hydrogens (tertiary/aromatic N) is 2. The van der Waals surface area contributed by atoms with Crippen molar-refractivity contribution in [3.8, 4) is 6.07 Å². The quantitative estimate of drug-likeness (QED) is 0.830. The monoisotopic (exact) mass is 333 g/mol.